The summed E-state index contributed by atoms with van der Waals surface area (Å²) in [7, 11) is 1.69. The fourth-order valence-electron chi connectivity index (χ4n) is 3.22. The molecule has 0 radical (unpaired) electrons. The summed E-state index contributed by atoms with van der Waals surface area (Å²) in [5.74, 6) is 0.970. The molecule has 8 heteroatoms. The van der Waals surface area contributed by atoms with E-state index in [0.717, 1.165) is 49.6 Å². The van der Waals surface area contributed by atoms with Gasteiger partial charge in [0, 0.05) is 39.8 Å². The quantitative estimate of drug-likeness (QED) is 0.622. The summed E-state index contributed by atoms with van der Waals surface area (Å²) in [6.07, 6.45) is -4.32. The van der Waals surface area contributed by atoms with Gasteiger partial charge in [-0.1, -0.05) is 24.3 Å². The molecule has 0 atom stereocenters. The van der Waals surface area contributed by atoms with E-state index in [4.69, 9.17) is 0 Å². The molecular formula is C20H23F3N4O. The molecule has 3 rings (SSSR count). The van der Waals surface area contributed by atoms with Crippen molar-refractivity contribution in [1.82, 2.24) is 10.2 Å². The van der Waals surface area contributed by atoms with Crippen LogP contribution in [0.15, 0.2) is 53.5 Å². The maximum atomic E-state index is 12.6. The van der Waals surface area contributed by atoms with Gasteiger partial charge in [-0.3, -0.25) is 4.99 Å². The zero-order valence-corrected chi connectivity index (χ0v) is 15.6. The van der Waals surface area contributed by atoms with Gasteiger partial charge in [0.25, 0.3) is 0 Å². The minimum Gasteiger partial charge on any atom is -0.506 e. The lowest BCUT2D eigenvalue weighted by Gasteiger charge is -2.37. The second-order valence-electron chi connectivity index (χ2n) is 6.56. The van der Waals surface area contributed by atoms with Crippen LogP contribution in [0.1, 0.15) is 11.1 Å². The number of guanidine groups is 1. The Morgan fingerprint density at radius 2 is 1.68 bits per heavy atom. The first kappa shape index (κ1) is 19.9. The molecule has 28 heavy (non-hydrogen) atoms. The van der Waals surface area contributed by atoms with Gasteiger partial charge >= 0.3 is 6.18 Å². The molecule has 0 aliphatic carbocycles. The summed E-state index contributed by atoms with van der Waals surface area (Å²) < 4.78 is 37.9. The number of phenolic OH excluding ortho intramolecular Hbond substituents is 1. The number of anilines is 1. The number of benzene rings is 2. The second-order valence-corrected chi connectivity index (χ2v) is 6.56. The number of para-hydroxylation sites is 2. The van der Waals surface area contributed by atoms with Crippen LogP contribution >= 0.6 is 0 Å². The van der Waals surface area contributed by atoms with E-state index >= 15 is 0 Å². The minimum absolute atomic E-state index is 0.265. The Bertz CT molecular complexity index is 813. The van der Waals surface area contributed by atoms with Crippen LogP contribution in [0.2, 0.25) is 0 Å². The van der Waals surface area contributed by atoms with Crippen molar-refractivity contribution >= 4 is 11.6 Å². The number of alkyl halides is 3. The van der Waals surface area contributed by atoms with Crippen LogP contribution in [0, 0.1) is 0 Å². The van der Waals surface area contributed by atoms with E-state index in [0.29, 0.717) is 12.5 Å². The van der Waals surface area contributed by atoms with Gasteiger partial charge in [-0.2, -0.15) is 13.2 Å². The predicted molar refractivity (Wildman–Crippen MR) is 104 cm³/mol. The van der Waals surface area contributed by atoms with Gasteiger partial charge in [-0.05, 0) is 29.8 Å². The van der Waals surface area contributed by atoms with Crippen molar-refractivity contribution in [3.05, 3.63) is 59.7 Å². The summed E-state index contributed by atoms with van der Waals surface area (Å²) >= 11 is 0. The van der Waals surface area contributed by atoms with E-state index in [2.05, 4.69) is 20.1 Å². The Morgan fingerprint density at radius 1 is 1.04 bits per heavy atom. The number of halogens is 3. The first-order chi connectivity index (χ1) is 13.4. The van der Waals surface area contributed by atoms with Crippen molar-refractivity contribution in [3.8, 4) is 5.75 Å². The Balaban J connectivity index is 1.54. The number of aliphatic imine (C=N–C) groups is 1. The Morgan fingerprint density at radius 3 is 2.25 bits per heavy atom. The molecule has 1 fully saturated rings. The highest BCUT2D eigenvalue weighted by Crippen LogP contribution is 2.29. The minimum atomic E-state index is -4.32. The van der Waals surface area contributed by atoms with Gasteiger partial charge < -0.3 is 20.2 Å². The number of piperazine rings is 1. The molecule has 1 heterocycles. The summed E-state index contributed by atoms with van der Waals surface area (Å²) in [6, 6.07) is 12.4. The number of phenols is 1. The zero-order chi connectivity index (χ0) is 20.1. The molecule has 1 aliphatic rings. The van der Waals surface area contributed by atoms with Gasteiger partial charge in [-0.15, -0.1) is 0 Å². The van der Waals surface area contributed by atoms with Crippen molar-refractivity contribution in [3.63, 3.8) is 0 Å². The molecular weight excluding hydrogens is 369 g/mol. The third-order valence-corrected chi connectivity index (χ3v) is 4.75. The van der Waals surface area contributed by atoms with Crippen LogP contribution in [0.3, 0.4) is 0 Å². The Hall–Kier alpha value is -2.90. The molecule has 0 unspecified atom stereocenters. The molecule has 0 aromatic heterocycles. The number of aromatic hydroxyl groups is 1. The van der Waals surface area contributed by atoms with E-state index in [-0.39, 0.29) is 5.75 Å². The van der Waals surface area contributed by atoms with Crippen LogP contribution in [0.25, 0.3) is 0 Å². The number of hydrogen-bond acceptors (Lipinski definition) is 3. The molecule has 0 bridgehead atoms. The molecule has 5 nitrogen and oxygen atoms in total. The SMILES string of the molecule is CN=C(NCc1ccc(C(F)(F)F)cc1)N1CCN(c2ccccc2O)CC1. The lowest BCUT2D eigenvalue weighted by atomic mass is 10.1. The van der Waals surface area contributed by atoms with Crippen molar-refractivity contribution in [1.29, 1.82) is 0 Å². The third kappa shape index (κ3) is 4.68. The summed E-state index contributed by atoms with van der Waals surface area (Å²) in [6.45, 7) is 3.31. The largest absolute Gasteiger partial charge is 0.506 e. The highest BCUT2D eigenvalue weighted by molar-refractivity contribution is 5.80. The maximum absolute atomic E-state index is 12.6. The maximum Gasteiger partial charge on any atom is 0.416 e. The van der Waals surface area contributed by atoms with Crippen molar-refractivity contribution in [2.24, 2.45) is 4.99 Å². The van der Waals surface area contributed by atoms with Crippen LogP contribution in [-0.4, -0.2) is 49.2 Å². The summed E-state index contributed by atoms with van der Waals surface area (Å²) in [5, 5.41) is 13.2. The molecule has 0 amide bonds. The molecule has 1 aliphatic heterocycles. The molecule has 2 aromatic rings. The highest BCUT2D eigenvalue weighted by Gasteiger charge is 2.30. The van der Waals surface area contributed by atoms with Gasteiger partial charge in [-0.25, -0.2) is 0 Å². The normalized spacial score (nSPS) is 15.6. The monoisotopic (exact) mass is 392 g/mol. The van der Waals surface area contributed by atoms with Crippen LogP contribution in [0.5, 0.6) is 5.75 Å². The van der Waals surface area contributed by atoms with Crippen LogP contribution in [-0.2, 0) is 12.7 Å². The van der Waals surface area contributed by atoms with Crippen LogP contribution in [0.4, 0.5) is 18.9 Å². The Kier molecular flexibility index (Phi) is 5.96. The van der Waals surface area contributed by atoms with Crippen molar-refractivity contribution in [2.45, 2.75) is 12.7 Å². The number of nitrogens with one attached hydrogen (secondary N) is 1. The highest BCUT2D eigenvalue weighted by atomic mass is 19.4. The first-order valence-electron chi connectivity index (χ1n) is 9.03. The molecule has 2 aromatic carbocycles. The first-order valence-corrected chi connectivity index (χ1v) is 9.03. The molecule has 150 valence electrons. The molecule has 1 saturated heterocycles. The van der Waals surface area contributed by atoms with E-state index in [1.807, 2.05) is 12.1 Å². The second kappa shape index (κ2) is 8.41. The van der Waals surface area contributed by atoms with E-state index < -0.39 is 11.7 Å². The standard InChI is InChI=1S/C20H23F3N4O/c1-24-19(25-14-15-6-8-16(9-7-15)20(21,22)23)27-12-10-26(11-13-27)17-4-2-3-5-18(17)28/h2-9,28H,10-14H2,1H3,(H,24,25). The number of rotatable bonds is 3. The van der Waals surface area contributed by atoms with Crippen molar-refractivity contribution < 1.29 is 18.3 Å². The average Bonchev–Trinajstić information content (AvgIpc) is 2.69. The molecule has 0 saturated carbocycles. The fourth-order valence-corrected chi connectivity index (χ4v) is 3.22. The zero-order valence-electron chi connectivity index (χ0n) is 15.6. The van der Waals surface area contributed by atoms with E-state index in [1.54, 1.807) is 19.2 Å². The third-order valence-electron chi connectivity index (χ3n) is 4.75. The van der Waals surface area contributed by atoms with E-state index in [1.165, 1.54) is 12.1 Å². The lowest BCUT2D eigenvalue weighted by molar-refractivity contribution is -0.137. The number of nitrogens with zero attached hydrogens (tertiary/aromatic N) is 3. The average molecular weight is 392 g/mol. The van der Waals surface area contributed by atoms with E-state index in [9.17, 15) is 18.3 Å². The lowest BCUT2D eigenvalue weighted by Crippen LogP contribution is -2.52. The smallest absolute Gasteiger partial charge is 0.416 e. The fraction of sp³-hybridized carbons (Fsp3) is 0.350. The van der Waals surface area contributed by atoms with Gasteiger partial charge in [0.15, 0.2) is 5.96 Å². The predicted octanol–water partition coefficient (Wildman–Crippen LogP) is 3.31. The summed E-state index contributed by atoms with van der Waals surface area (Å²) in [5.41, 5.74) is 0.915. The molecule has 0 spiro atoms. The van der Waals surface area contributed by atoms with Gasteiger partial charge in [0.2, 0.25) is 0 Å². The van der Waals surface area contributed by atoms with Gasteiger partial charge in [0.1, 0.15) is 5.75 Å². The number of hydrogen-bond donors (Lipinski definition) is 2. The topological polar surface area (TPSA) is 51.1 Å². The van der Waals surface area contributed by atoms with Crippen molar-refractivity contribution in [2.75, 3.05) is 38.1 Å². The Labute approximate surface area is 162 Å². The van der Waals surface area contributed by atoms with Crippen LogP contribution < -0.4 is 10.2 Å². The van der Waals surface area contributed by atoms with Gasteiger partial charge in [0.05, 0.1) is 11.3 Å². The summed E-state index contributed by atoms with van der Waals surface area (Å²) in [4.78, 5) is 8.50. The molecule has 2 N–H and O–H groups in total.